The zero-order valence-corrected chi connectivity index (χ0v) is 13.2. The van der Waals surface area contributed by atoms with Crippen molar-refractivity contribution in [2.24, 2.45) is 10.1 Å². The quantitative estimate of drug-likeness (QED) is 0.377. The number of aliphatic imine (C=N–C) groups is 1. The molecule has 116 valence electrons. The molecule has 0 unspecified atom stereocenters. The molecule has 1 aromatic heterocycles. The Balaban J connectivity index is 2.13. The van der Waals surface area contributed by atoms with Gasteiger partial charge in [-0.15, -0.1) is 0 Å². The molecule has 2 aromatic rings. The summed E-state index contributed by atoms with van der Waals surface area (Å²) in [7, 11) is 1.49. The van der Waals surface area contributed by atoms with Gasteiger partial charge < -0.3 is 4.74 Å². The molecule has 0 bridgehead atoms. The van der Waals surface area contributed by atoms with Crippen LogP contribution in [0, 0.1) is 18.3 Å². The predicted octanol–water partition coefficient (Wildman–Crippen LogP) is 2.33. The number of benzene rings is 1. The highest BCUT2D eigenvalue weighted by Gasteiger charge is 2.14. The number of nitrogens with zero attached hydrogens (tertiary/aromatic N) is 5. The topological polar surface area (TPSA) is 113 Å². The fourth-order valence-corrected chi connectivity index (χ4v) is 2.04. The van der Waals surface area contributed by atoms with E-state index in [4.69, 9.17) is 10.00 Å². The summed E-state index contributed by atoms with van der Waals surface area (Å²) in [4.78, 5) is 20.3. The van der Waals surface area contributed by atoms with E-state index < -0.39 is 5.78 Å². The average Bonchev–Trinajstić information content (AvgIpc) is 2.99. The van der Waals surface area contributed by atoms with Crippen LogP contribution in [0.15, 0.2) is 34.4 Å². The zero-order chi connectivity index (χ0) is 16.7. The first kappa shape index (κ1) is 16.3. The summed E-state index contributed by atoms with van der Waals surface area (Å²) in [6, 6.07) is 8.17. The van der Waals surface area contributed by atoms with Gasteiger partial charge in [0.15, 0.2) is 6.40 Å². The van der Waals surface area contributed by atoms with Crippen LogP contribution < -0.4 is 5.43 Å². The third-order valence-electron chi connectivity index (χ3n) is 2.55. The van der Waals surface area contributed by atoms with E-state index in [1.54, 1.807) is 37.3 Å². The van der Waals surface area contributed by atoms with E-state index in [9.17, 15) is 4.79 Å². The van der Waals surface area contributed by atoms with E-state index in [2.05, 4.69) is 24.9 Å². The Kier molecular flexibility index (Phi) is 5.49. The number of nitriles is 1. The highest BCUT2D eigenvalue weighted by Crippen LogP contribution is 2.14. The Morgan fingerprint density at radius 2 is 2.17 bits per heavy atom. The summed E-state index contributed by atoms with van der Waals surface area (Å²) in [5.41, 5.74) is 3.24. The minimum atomic E-state index is -0.497. The summed E-state index contributed by atoms with van der Waals surface area (Å²) < 4.78 is 8.68. The molecule has 1 aromatic carbocycles. The molecule has 0 aliphatic rings. The number of anilines is 1. The number of ketones is 1. The third-order valence-corrected chi connectivity index (χ3v) is 3.26. The van der Waals surface area contributed by atoms with Crippen LogP contribution in [0.25, 0.3) is 0 Å². The Morgan fingerprint density at radius 3 is 2.74 bits per heavy atom. The van der Waals surface area contributed by atoms with Gasteiger partial charge >= 0.3 is 0 Å². The van der Waals surface area contributed by atoms with Crippen molar-refractivity contribution in [2.75, 3.05) is 12.5 Å². The second kappa shape index (κ2) is 7.77. The van der Waals surface area contributed by atoms with Crippen LogP contribution in [0.3, 0.4) is 0 Å². The molecule has 0 atom stereocenters. The second-order valence-electron chi connectivity index (χ2n) is 4.18. The van der Waals surface area contributed by atoms with Crippen molar-refractivity contribution in [3.63, 3.8) is 0 Å². The van der Waals surface area contributed by atoms with E-state index in [0.29, 0.717) is 22.2 Å². The van der Waals surface area contributed by atoms with E-state index >= 15 is 0 Å². The molecule has 0 spiro atoms. The minimum Gasteiger partial charge on any atom is -0.486 e. The number of nitrogens with one attached hydrogen (secondary N) is 1. The maximum absolute atomic E-state index is 12.2. The molecule has 0 fully saturated rings. The fraction of sp³-hybridized carbons (Fsp3) is 0.143. The number of hydrazone groups is 1. The lowest BCUT2D eigenvalue weighted by molar-refractivity contribution is 0.106. The number of carbonyl (C=O) groups excluding carboxylic acids is 1. The molecule has 1 N–H and O–H groups in total. The van der Waals surface area contributed by atoms with Crippen molar-refractivity contribution < 1.29 is 9.53 Å². The Morgan fingerprint density at radius 1 is 1.43 bits per heavy atom. The lowest BCUT2D eigenvalue weighted by atomic mass is 10.1. The van der Waals surface area contributed by atoms with Crippen LogP contribution in [0.1, 0.15) is 16.2 Å². The summed E-state index contributed by atoms with van der Waals surface area (Å²) in [5, 5.41) is 13.3. The van der Waals surface area contributed by atoms with Gasteiger partial charge in [0.25, 0.3) is 0 Å². The van der Waals surface area contributed by atoms with Gasteiger partial charge in [-0.05, 0) is 31.2 Å². The van der Waals surface area contributed by atoms with Gasteiger partial charge in [0.1, 0.15) is 11.9 Å². The number of aromatic nitrogens is 2. The second-order valence-corrected chi connectivity index (χ2v) is 4.93. The number of rotatable bonds is 6. The van der Waals surface area contributed by atoms with E-state index in [1.165, 1.54) is 13.5 Å². The molecule has 23 heavy (non-hydrogen) atoms. The summed E-state index contributed by atoms with van der Waals surface area (Å²) in [6.07, 6.45) is 1.28. The van der Waals surface area contributed by atoms with Crippen LogP contribution >= 0.6 is 11.5 Å². The number of hydrogen-bond acceptors (Lipinski definition) is 9. The monoisotopic (exact) mass is 328 g/mol. The maximum Gasteiger partial charge on any atom is 0.223 e. The molecule has 1 heterocycles. The van der Waals surface area contributed by atoms with Gasteiger partial charge in [-0.3, -0.25) is 4.79 Å². The van der Waals surface area contributed by atoms with Crippen molar-refractivity contribution in [3.8, 4) is 6.07 Å². The molecular weight excluding hydrogens is 316 g/mol. The van der Waals surface area contributed by atoms with E-state index in [-0.39, 0.29) is 5.71 Å². The van der Waals surface area contributed by atoms with Gasteiger partial charge in [-0.25, -0.2) is 15.4 Å². The van der Waals surface area contributed by atoms with E-state index in [1.807, 2.05) is 0 Å². The van der Waals surface area contributed by atoms with Gasteiger partial charge in [0, 0.05) is 17.1 Å². The van der Waals surface area contributed by atoms with Crippen LogP contribution in [0.4, 0.5) is 10.8 Å². The standard InChI is InChI=1S/C14H12N6O2S/c1-9-17-14(23-20-9)19-18-12(7-15)13(21)10-3-5-11(6-4-10)16-8-22-2/h3-6,8H,1-2H3,(H,17,19,20)/b16-8-,18-12+. The summed E-state index contributed by atoms with van der Waals surface area (Å²) >= 11 is 1.09. The van der Waals surface area contributed by atoms with Crippen molar-refractivity contribution >= 4 is 40.2 Å². The van der Waals surface area contributed by atoms with Crippen molar-refractivity contribution in [3.05, 3.63) is 35.7 Å². The molecule has 2 rings (SSSR count). The normalized spacial score (nSPS) is 11.3. The van der Waals surface area contributed by atoms with Crippen molar-refractivity contribution in [1.82, 2.24) is 9.36 Å². The largest absolute Gasteiger partial charge is 0.486 e. The molecule has 0 saturated carbocycles. The van der Waals surface area contributed by atoms with Crippen molar-refractivity contribution in [1.29, 1.82) is 5.26 Å². The zero-order valence-electron chi connectivity index (χ0n) is 12.3. The number of Topliss-reactive ketones (excluding diaryl/α,β-unsaturated/α-hetero) is 1. The Labute approximate surface area is 136 Å². The Bertz CT molecular complexity index is 788. The first-order valence-electron chi connectivity index (χ1n) is 6.38. The van der Waals surface area contributed by atoms with Crippen LogP contribution in [-0.4, -0.2) is 34.4 Å². The molecule has 9 heteroatoms. The van der Waals surface area contributed by atoms with Gasteiger partial charge in [-0.1, -0.05) is 0 Å². The number of carbonyl (C=O) groups is 1. The average molecular weight is 328 g/mol. The SMILES string of the molecule is CO/C=N\c1ccc(C(=O)/C(C#N)=N/Nc2nc(C)ns2)cc1. The first-order valence-corrected chi connectivity index (χ1v) is 7.15. The predicted molar refractivity (Wildman–Crippen MR) is 87.3 cm³/mol. The highest BCUT2D eigenvalue weighted by molar-refractivity contribution is 7.09. The van der Waals surface area contributed by atoms with Gasteiger partial charge in [-0.2, -0.15) is 14.7 Å². The molecule has 0 amide bonds. The molecule has 0 saturated heterocycles. The summed E-state index contributed by atoms with van der Waals surface area (Å²) in [6.45, 7) is 1.73. The molecule has 0 aliphatic carbocycles. The smallest absolute Gasteiger partial charge is 0.223 e. The number of aryl methyl sites for hydroxylation is 1. The van der Waals surface area contributed by atoms with Crippen molar-refractivity contribution in [2.45, 2.75) is 6.92 Å². The molecule has 0 radical (unpaired) electrons. The number of hydrogen-bond donors (Lipinski definition) is 1. The molecule has 0 aliphatic heterocycles. The lowest BCUT2D eigenvalue weighted by Crippen LogP contribution is -2.14. The maximum atomic E-state index is 12.2. The highest BCUT2D eigenvalue weighted by atomic mass is 32.1. The van der Waals surface area contributed by atoms with Gasteiger partial charge in [0.05, 0.1) is 12.8 Å². The fourth-order valence-electron chi connectivity index (χ4n) is 1.52. The lowest BCUT2D eigenvalue weighted by Gasteiger charge is -2.00. The molecular formula is C14H12N6O2S. The summed E-state index contributed by atoms with van der Waals surface area (Å²) in [5.74, 6) is 0.0910. The van der Waals surface area contributed by atoms with Crippen LogP contribution in [0.2, 0.25) is 0 Å². The van der Waals surface area contributed by atoms with Crippen LogP contribution in [0.5, 0.6) is 0 Å². The first-order chi connectivity index (χ1) is 11.1. The van der Waals surface area contributed by atoms with Crippen LogP contribution in [-0.2, 0) is 4.74 Å². The van der Waals surface area contributed by atoms with Gasteiger partial charge in [0.2, 0.25) is 16.6 Å². The van der Waals surface area contributed by atoms with E-state index in [0.717, 1.165) is 11.5 Å². The third kappa shape index (κ3) is 4.42. The molecule has 8 nitrogen and oxygen atoms in total. The Hall–Kier alpha value is -3.12. The number of methoxy groups -OCH3 is 1. The minimum absolute atomic E-state index is 0.272. The number of ether oxygens (including phenoxy) is 1.